The molecule has 0 saturated carbocycles. The minimum Gasteiger partial charge on any atom is -0.312 e. The summed E-state index contributed by atoms with van der Waals surface area (Å²) in [5.41, 5.74) is 1.35. The van der Waals surface area contributed by atoms with Crippen LogP contribution in [-0.4, -0.2) is 13.1 Å². The molecule has 0 aromatic carbocycles. The summed E-state index contributed by atoms with van der Waals surface area (Å²) in [7, 11) is 0. The lowest BCUT2D eigenvalue weighted by Gasteiger charge is -1.95. The average molecular weight is 97.2 g/mol. The minimum absolute atomic E-state index is 0.708. The fourth-order valence-electron chi connectivity index (χ4n) is 0.768. The van der Waals surface area contributed by atoms with Crippen molar-refractivity contribution in [1.82, 2.24) is 5.32 Å². The molecule has 1 saturated heterocycles. The van der Waals surface area contributed by atoms with Gasteiger partial charge in [0, 0.05) is 13.1 Å². The van der Waals surface area contributed by atoms with Crippen LogP contribution in [0.3, 0.4) is 0 Å². The van der Waals surface area contributed by atoms with Crippen molar-refractivity contribution < 1.29 is 0 Å². The molecule has 0 aromatic rings. The van der Waals surface area contributed by atoms with E-state index in [2.05, 4.69) is 18.8 Å². The van der Waals surface area contributed by atoms with Crippen molar-refractivity contribution in [2.75, 3.05) is 13.1 Å². The van der Waals surface area contributed by atoms with Gasteiger partial charge in [-0.2, -0.15) is 0 Å². The highest BCUT2D eigenvalue weighted by Crippen LogP contribution is 2.10. The third kappa shape index (κ3) is 0.829. The fourth-order valence-corrected chi connectivity index (χ4v) is 0.768. The van der Waals surface area contributed by atoms with E-state index in [4.69, 9.17) is 0 Å². The maximum absolute atomic E-state index is 3.87. The lowest BCUT2D eigenvalue weighted by molar-refractivity contribution is 0.720. The molecule has 1 heterocycles. The largest absolute Gasteiger partial charge is 0.312 e. The van der Waals surface area contributed by atoms with Gasteiger partial charge in [0.1, 0.15) is 0 Å². The Morgan fingerprint density at radius 3 is 2.71 bits per heavy atom. The van der Waals surface area contributed by atoms with Crippen LogP contribution in [-0.2, 0) is 0 Å². The molecule has 40 valence electrons. The molecule has 0 amide bonds. The van der Waals surface area contributed by atoms with Gasteiger partial charge in [-0.25, -0.2) is 0 Å². The van der Waals surface area contributed by atoms with Crippen LogP contribution in [0, 0.1) is 5.92 Å². The van der Waals surface area contributed by atoms with Crippen molar-refractivity contribution in [3.8, 4) is 0 Å². The van der Waals surface area contributed by atoms with Crippen molar-refractivity contribution in [2.45, 2.75) is 6.92 Å². The van der Waals surface area contributed by atoms with Crippen LogP contribution in [0.4, 0.5) is 0 Å². The summed E-state index contributed by atoms with van der Waals surface area (Å²) < 4.78 is 0. The molecular formula is C6H11N. The number of rotatable bonds is 0. The molecule has 0 bridgehead atoms. The van der Waals surface area contributed by atoms with E-state index in [9.17, 15) is 0 Å². The predicted octanol–water partition coefficient (Wildman–Crippen LogP) is 0.782. The molecule has 1 rings (SSSR count). The molecule has 0 aliphatic carbocycles. The normalized spacial score (nSPS) is 31.6. The standard InChI is InChI=1S/C6H11N/c1-5-3-7-4-6(5)2/h6-7H,1,3-4H2,2H3. The van der Waals surface area contributed by atoms with E-state index in [1.807, 2.05) is 0 Å². The van der Waals surface area contributed by atoms with Gasteiger partial charge in [0.05, 0.1) is 0 Å². The monoisotopic (exact) mass is 97.1 g/mol. The van der Waals surface area contributed by atoms with Crippen molar-refractivity contribution in [1.29, 1.82) is 0 Å². The van der Waals surface area contributed by atoms with E-state index in [1.54, 1.807) is 0 Å². The van der Waals surface area contributed by atoms with Crippen LogP contribution in [0.15, 0.2) is 12.2 Å². The first kappa shape index (κ1) is 4.85. The van der Waals surface area contributed by atoms with E-state index < -0.39 is 0 Å². The van der Waals surface area contributed by atoms with Crippen molar-refractivity contribution >= 4 is 0 Å². The molecular weight excluding hydrogens is 86.1 g/mol. The molecule has 0 spiro atoms. The summed E-state index contributed by atoms with van der Waals surface area (Å²) in [6.45, 7) is 8.22. The molecule has 1 aliphatic rings. The Labute approximate surface area is 44.4 Å². The van der Waals surface area contributed by atoms with Gasteiger partial charge in [0.2, 0.25) is 0 Å². The van der Waals surface area contributed by atoms with Crippen molar-refractivity contribution in [2.24, 2.45) is 5.92 Å². The van der Waals surface area contributed by atoms with Gasteiger partial charge < -0.3 is 5.32 Å². The quantitative estimate of drug-likeness (QED) is 0.440. The van der Waals surface area contributed by atoms with Crippen LogP contribution in [0.1, 0.15) is 6.92 Å². The molecule has 0 aromatic heterocycles. The molecule has 1 heteroatoms. The van der Waals surface area contributed by atoms with Crippen LogP contribution in [0.5, 0.6) is 0 Å². The second-order valence-electron chi connectivity index (χ2n) is 2.19. The van der Waals surface area contributed by atoms with Crippen LogP contribution < -0.4 is 5.32 Å². The van der Waals surface area contributed by atoms with Gasteiger partial charge in [0.15, 0.2) is 0 Å². The zero-order valence-corrected chi connectivity index (χ0v) is 4.70. The molecule has 1 nitrogen and oxygen atoms in total. The molecule has 1 N–H and O–H groups in total. The average Bonchev–Trinajstić information content (AvgIpc) is 1.91. The maximum Gasteiger partial charge on any atom is 0.0165 e. The lowest BCUT2D eigenvalue weighted by atomic mass is 10.1. The van der Waals surface area contributed by atoms with E-state index in [1.165, 1.54) is 5.57 Å². The van der Waals surface area contributed by atoms with Gasteiger partial charge in [-0.05, 0) is 5.92 Å². The van der Waals surface area contributed by atoms with E-state index >= 15 is 0 Å². The Hall–Kier alpha value is -0.300. The highest BCUT2D eigenvalue weighted by atomic mass is 14.9. The van der Waals surface area contributed by atoms with E-state index in [-0.39, 0.29) is 0 Å². The summed E-state index contributed by atoms with van der Waals surface area (Å²) >= 11 is 0. The van der Waals surface area contributed by atoms with Gasteiger partial charge >= 0.3 is 0 Å². The Balaban J connectivity index is 2.48. The first-order chi connectivity index (χ1) is 3.30. The molecule has 1 fully saturated rings. The highest BCUT2D eigenvalue weighted by molar-refractivity contribution is 5.06. The SMILES string of the molecule is C=C1CNCC1C. The highest BCUT2D eigenvalue weighted by Gasteiger charge is 2.11. The first-order valence-corrected chi connectivity index (χ1v) is 2.69. The third-order valence-electron chi connectivity index (χ3n) is 1.50. The summed E-state index contributed by atoms with van der Waals surface area (Å²) in [5, 5.41) is 3.22. The zero-order valence-electron chi connectivity index (χ0n) is 4.70. The summed E-state index contributed by atoms with van der Waals surface area (Å²) in [5.74, 6) is 0.708. The Morgan fingerprint density at radius 2 is 2.57 bits per heavy atom. The number of hydrogen-bond donors (Lipinski definition) is 1. The smallest absolute Gasteiger partial charge is 0.0165 e. The second-order valence-corrected chi connectivity index (χ2v) is 2.19. The Bertz CT molecular complexity index is 86.2. The van der Waals surface area contributed by atoms with E-state index in [0.29, 0.717) is 5.92 Å². The predicted molar refractivity (Wildman–Crippen MR) is 31.2 cm³/mol. The summed E-state index contributed by atoms with van der Waals surface area (Å²) in [6.07, 6.45) is 0. The number of nitrogens with one attached hydrogen (secondary N) is 1. The fraction of sp³-hybridized carbons (Fsp3) is 0.667. The first-order valence-electron chi connectivity index (χ1n) is 2.69. The molecule has 1 unspecified atom stereocenters. The van der Waals surface area contributed by atoms with Gasteiger partial charge in [-0.15, -0.1) is 0 Å². The summed E-state index contributed by atoms with van der Waals surface area (Å²) in [4.78, 5) is 0. The number of hydrogen-bond acceptors (Lipinski definition) is 1. The van der Waals surface area contributed by atoms with E-state index in [0.717, 1.165) is 13.1 Å². The van der Waals surface area contributed by atoms with Gasteiger partial charge in [-0.3, -0.25) is 0 Å². The minimum atomic E-state index is 0.708. The molecule has 0 radical (unpaired) electrons. The van der Waals surface area contributed by atoms with Crippen LogP contribution in [0.2, 0.25) is 0 Å². The second kappa shape index (κ2) is 1.66. The molecule has 1 aliphatic heterocycles. The third-order valence-corrected chi connectivity index (χ3v) is 1.50. The maximum atomic E-state index is 3.87. The van der Waals surface area contributed by atoms with Crippen molar-refractivity contribution in [3.05, 3.63) is 12.2 Å². The van der Waals surface area contributed by atoms with Gasteiger partial charge in [-0.1, -0.05) is 19.1 Å². The molecule has 7 heavy (non-hydrogen) atoms. The van der Waals surface area contributed by atoms with Crippen LogP contribution >= 0.6 is 0 Å². The van der Waals surface area contributed by atoms with Gasteiger partial charge in [0.25, 0.3) is 0 Å². The summed E-state index contributed by atoms with van der Waals surface area (Å²) in [6, 6.07) is 0. The Kier molecular flexibility index (Phi) is 1.15. The van der Waals surface area contributed by atoms with Crippen molar-refractivity contribution in [3.63, 3.8) is 0 Å². The zero-order chi connectivity index (χ0) is 5.28. The lowest BCUT2D eigenvalue weighted by Crippen LogP contribution is -2.06. The molecule has 1 atom stereocenters. The Morgan fingerprint density at radius 1 is 1.86 bits per heavy atom. The topological polar surface area (TPSA) is 12.0 Å². The van der Waals surface area contributed by atoms with Crippen LogP contribution in [0.25, 0.3) is 0 Å².